The molecule has 0 unspecified atom stereocenters. The first-order valence-electron chi connectivity index (χ1n) is 5.86. The van der Waals surface area contributed by atoms with Crippen molar-refractivity contribution in [1.29, 1.82) is 0 Å². The van der Waals surface area contributed by atoms with E-state index >= 15 is 0 Å². The molecule has 2 aromatic carbocycles. The van der Waals surface area contributed by atoms with Crippen molar-refractivity contribution in [2.75, 3.05) is 5.32 Å². The number of hydrogen-bond acceptors (Lipinski definition) is 2. The smallest absolute Gasteiger partial charge is 0.381 e. The highest BCUT2D eigenvalue weighted by molar-refractivity contribution is 8.00. The molecule has 0 bridgehead atoms. The van der Waals surface area contributed by atoms with E-state index in [4.69, 9.17) is 23.2 Å². The Morgan fingerprint density at radius 3 is 2.05 bits per heavy atom. The van der Waals surface area contributed by atoms with Crippen LogP contribution >= 0.6 is 35.0 Å². The summed E-state index contributed by atoms with van der Waals surface area (Å²) in [6, 6.07) is 11.3. The number of hydrogen-bond donors (Lipinski definition) is 1. The van der Waals surface area contributed by atoms with Crippen molar-refractivity contribution in [3.63, 3.8) is 0 Å². The molecule has 0 aliphatic carbocycles. The SMILES string of the molecule is FC(F)(F)Sc1ccc(CNc2cc(Cl)cc(Cl)c2)cc1. The lowest BCUT2D eigenvalue weighted by Gasteiger charge is -2.09. The summed E-state index contributed by atoms with van der Waals surface area (Å²) in [5.74, 6) is 0. The fourth-order valence-electron chi connectivity index (χ4n) is 1.67. The van der Waals surface area contributed by atoms with Crippen molar-refractivity contribution >= 4 is 40.7 Å². The quantitative estimate of drug-likeness (QED) is 0.656. The van der Waals surface area contributed by atoms with Crippen molar-refractivity contribution < 1.29 is 13.2 Å². The summed E-state index contributed by atoms with van der Waals surface area (Å²) < 4.78 is 36.6. The summed E-state index contributed by atoms with van der Waals surface area (Å²) in [7, 11) is 0. The lowest BCUT2D eigenvalue weighted by molar-refractivity contribution is -0.0328. The Labute approximate surface area is 134 Å². The zero-order chi connectivity index (χ0) is 15.5. The van der Waals surface area contributed by atoms with Gasteiger partial charge in [-0.05, 0) is 47.7 Å². The first kappa shape index (κ1) is 16.3. The van der Waals surface area contributed by atoms with Gasteiger partial charge in [0.15, 0.2) is 0 Å². The normalized spacial score (nSPS) is 11.5. The maximum Gasteiger partial charge on any atom is 0.446 e. The molecule has 7 heteroatoms. The molecule has 0 aliphatic rings. The second kappa shape index (κ2) is 6.81. The van der Waals surface area contributed by atoms with Gasteiger partial charge in [0.1, 0.15) is 0 Å². The summed E-state index contributed by atoms with van der Waals surface area (Å²) in [5.41, 5.74) is -2.66. The van der Waals surface area contributed by atoms with Crippen LogP contribution in [-0.2, 0) is 6.54 Å². The topological polar surface area (TPSA) is 12.0 Å². The molecule has 1 nitrogen and oxygen atoms in total. The van der Waals surface area contributed by atoms with Crippen LogP contribution in [0.25, 0.3) is 0 Å². The van der Waals surface area contributed by atoms with E-state index in [0.29, 0.717) is 16.6 Å². The number of alkyl halides is 3. The number of rotatable bonds is 4. The molecule has 21 heavy (non-hydrogen) atoms. The van der Waals surface area contributed by atoms with E-state index in [0.717, 1.165) is 11.3 Å². The molecule has 0 aliphatic heterocycles. The predicted molar refractivity (Wildman–Crippen MR) is 82.1 cm³/mol. The molecular weight excluding hydrogens is 342 g/mol. The first-order valence-corrected chi connectivity index (χ1v) is 7.44. The highest BCUT2D eigenvalue weighted by atomic mass is 35.5. The van der Waals surface area contributed by atoms with Crippen LogP contribution in [0.2, 0.25) is 10.0 Å². The number of anilines is 1. The molecule has 0 aromatic heterocycles. The third kappa shape index (κ3) is 5.69. The van der Waals surface area contributed by atoms with E-state index in [9.17, 15) is 13.2 Å². The van der Waals surface area contributed by atoms with Gasteiger partial charge in [-0.15, -0.1) is 0 Å². The van der Waals surface area contributed by atoms with Crippen LogP contribution in [0.1, 0.15) is 5.56 Å². The van der Waals surface area contributed by atoms with Crippen LogP contribution in [-0.4, -0.2) is 5.51 Å². The van der Waals surface area contributed by atoms with E-state index in [2.05, 4.69) is 5.32 Å². The molecule has 112 valence electrons. The van der Waals surface area contributed by atoms with Gasteiger partial charge in [-0.3, -0.25) is 0 Å². The van der Waals surface area contributed by atoms with Crippen molar-refractivity contribution in [3.8, 4) is 0 Å². The Morgan fingerprint density at radius 1 is 0.952 bits per heavy atom. The maximum atomic E-state index is 12.2. The lowest BCUT2D eigenvalue weighted by atomic mass is 10.2. The molecule has 0 saturated carbocycles. The van der Waals surface area contributed by atoms with Gasteiger partial charge in [-0.2, -0.15) is 13.2 Å². The largest absolute Gasteiger partial charge is 0.446 e. The van der Waals surface area contributed by atoms with Gasteiger partial charge in [0.05, 0.1) is 0 Å². The predicted octanol–water partition coefficient (Wildman–Crippen LogP) is 6.22. The van der Waals surface area contributed by atoms with Crippen LogP contribution in [0.4, 0.5) is 18.9 Å². The monoisotopic (exact) mass is 351 g/mol. The Hall–Kier alpha value is -1.04. The van der Waals surface area contributed by atoms with Gasteiger partial charge in [0, 0.05) is 27.2 Å². The third-order valence-electron chi connectivity index (χ3n) is 2.52. The molecular formula is C14H10Cl2F3NS. The average molecular weight is 352 g/mol. The van der Waals surface area contributed by atoms with Crippen molar-refractivity contribution in [2.45, 2.75) is 16.9 Å². The summed E-state index contributed by atoms with van der Waals surface area (Å²) in [6.45, 7) is 0.466. The highest BCUT2D eigenvalue weighted by Gasteiger charge is 2.28. The summed E-state index contributed by atoms with van der Waals surface area (Å²) in [4.78, 5) is 0.164. The van der Waals surface area contributed by atoms with E-state index in [1.807, 2.05) is 0 Å². The Balaban J connectivity index is 1.97. The van der Waals surface area contributed by atoms with Gasteiger partial charge >= 0.3 is 5.51 Å². The minimum atomic E-state index is -4.27. The van der Waals surface area contributed by atoms with Crippen LogP contribution in [0.3, 0.4) is 0 Å². The number of thioether (sulfide) groups is 1. The Kier molecular flexibility index (Phi) is 5.30. The minimum absolute atomic E-state index is 0.127. The van der Waals surface area contributed by atoms with Crippen molar-refractivity contribution in [2.24, 2.45) is 0 Å². The fourth-order valence-corrected chi connectivity index (χ4v) is 2.73. The van der Waals surface area contributed by atoms with Crippen LogP contribution in [0.15, 0.2) is 47.4 Å². The van der Waals surface area contributed by atoms with Crippen molar-refractivity contribution in [3.05, 3.63) is 58.1 Å². The van der Waals surface area contributed by atoms with E-state index in [1.165, 1.54) is 12.1 Å². The van der Waals surface area contributed by atoms with E-state index < -0.39 is 5.51 Å². The van der Waals surface area contributed by atoms with E-state index in [-0.39, 0.29) is 16.7 Å². The zero-order valence-corrected chi connectivity index (χ0v) is 12.9. The van der Waals surface area contributed by atoms with Gasteiger partial charge in [0.2, 0.25) is 0 Å². The standard InChI is InChI=1S/C14H10Cl2F3NS/c15-10-5-11(16)7-12(6-10)20-8-9-1-3-13(4-2-9)21-14(17,18)19/h1-7,20H,8H2. The summed E-state index contributed by atoms with van der Waals surface area (Å²) >= 11 is 11.6. The molecule has 0 spiro atoms. The van der Waals surface area contributed by atoms with Gasteiger partial charge in [-0.25, -0.2) is 0 Å². The number of nitrogens with one attached hydrogen (secondary N) is 1. The highest BCUT2D eigenvalue weighted by Crippen LogP contribution is 2.36. The second-order valence-corrected chi connectivity index (χ2v) is 6.21. The Bertz CT molecular complexity index is 594. The van der Waals surface area contributed by atoms with Gasteiger partial charge < -0.3 is 5.32 Å². The van der Waals surface area contributed by atoms with Gasteiger partial charge in [-0.1, -0.05) is 35.3 Å². The minimum Gasteiger partial charge on any atom is -0.381 e. The van der Waals surface area contributed by atoms with Crippen molar-refractivity contribution in [1.82, 2.24) is 0 Å². The molecule has 2 rings (SSSR count). The average Bonchev–Trinajstić information content (AvgIpc) is 2.35. The Morgan fingerprint density at radius 2 is 1.52 bits per heavy atom. The molecule has 0 saturated heterocycles. The van der Waals surface area contributed by atoms with Crippen LogP contribution < -0.4 is 5.32 Å². The number of halogens is 5. The molecule has 0 radical (unpaired) electrons. The fraction of sp³-hybridized carbons (Fsp3) is 0.143. The molecule has 0 atom stereocenters. The third-order valence-corrected chi connectivity index (χ3v) is 3.69. The molecule has 2 aromatic rings. The number of benzene rings is 2. The second-order valence-electron chi connectivity index (χ2n) is 4.20. The van der Waals surface area contributed by atoms with Crippen LogP contribution in [0, 0.1) is 0 Å². The van der Waals surface area contributed by atoms with Gasteiger partial charge in [0.25, 0.3) is 0 Å². The molecule has 1 N–H and O–H groups in total. The zero-order valence-electron chi connectivity index (χ0n) is 10.5. The first-order chi connectivity index (χ1) is 9.82. The molecule has 0 heterocycles. The summed E-state index contributed by atoms with van der Waals surface area (Å²) in [6.07, 6.45) is 0. The van der Waals surface area contributed by atoms with E-state index in [1.54, 1.807) is 30.3 Å². The summed E-state index contributed by atoms with van der Waals surface area (Å²) in [5, 5.41) is 4.14. The molecule has 0 amide bonds. The lowest BCUT2D eigenvalue weighted by Crippen LogP contribution is -2.01. The molecule has 0 fully saturated rings. The maximum absolute atomic E-state index is 12.2. The van der Waals surface area contributed by atoms with Crippen LogP contribution in [0.5, 0.6) is 0 Å².